The van der Waals surface area contributed by atoms with Crippen LogP contribution in [0.25, 0.3) is 0 Å². The summed E-state index contributed by atoms with van der Waals surface area (Å²) in [6.45, 7) is 6.18. The fourth-order valence-electron chi connectivity index (χ4n) is 0.338. The van der Waals surface area contributed by atoms with Crippen LogP contribution in [-0.4, -0.2) is 12.0 Å². The van der Waals surface area contributed by atoms with Gasteiger partial charge >= 0.3 is 15.2 Å². The van der Waals surface area contributed by atoms with Gasteiger partial charge < -0.3 is 9.42 Å². The highest BCUT2D eigenvalue weighted by Crippen LogP contribution is 2.62. The minimum Gasteiger partial charge on any atom is -0.321 e. The lowest BCUT2D eigenvalue weighted by Gasteiger charge is -2.13. The number of rotatable bonds is 5. The van der Waals surface area contributed by atoms with Crippen LogP contribution in [0.5, 0.6) is 0 Å². The van der Waals surface area contributed by atoms with Gasteiger partial charge in [0.25, 0.3) is 0 Å². The Morgan fingerprint density at radius 3 is 2.08 bits per heavy atom. The molecule has 0 heterocycles. The molecule has 70 valence electrons. The molecular formula is C5H10O5P2. The van der Waals surface area contributed by atoms with Gasteiger partial charge in [0.1, 0.15) is 0 Å². The predicted octanol–water partition coefficient (Wildman–Crippen LogP) is 2.31. The van der Waals surface area contributed by atoms with Crippen molar-refractivity contribution >= 4 is 15.2 Å². The van der Waals surface area contributed by atoms with Crippen molar-refractivity contribution in [2.24, 2.45) is 0 Å². The second-order valence-corrected chi connectivity index (χ2v) is 5.69. The summed E-state index contributed by atoms with van der Waals surface area (Å²) in [7, 11) is -6.57. The highest BCUT2D eigenvalue weighted by molar-refractivity contribution is 7.69. The molecule has 0 radical (unpaired) electrons. The van der Waals surface area contributed by atoms with Gasteiger partial charge in [0.15, 0.2) is 0 Å². The second-order valence-electron chi connectivity index (χ2n) is 1.73. The van der Waals surface area contributed by atoms with E-state index in [1.54, 1.807) is 0 Å². The zero-order chi connectivity index (χ0) is 9.83. The summed E-state index contributed by atoms with van der Waals surface area (Å²) in [5, 5.41) is 0. The van der Waals surface area contributed by atoms with Gasteiger partial charge in [-0.3, -0.25) is 9.13 Å². The van der Waals surface area contributed by atoms with Crippen LogP contribution in [0.1, 0.15) is 0 Å². The van der Waals surface area contributed by atoms with E-state index in [0.717, 1.165) is 12.9 Å². The zero-order valence-electron chi connectivity index (χ0n) is 6.54. The first-order chi connectivity index (χ1) is 5.39. The lowest BCUT2D eigenvalue weighted by Crippen LogP contribution is -1.86. The average Bonchev–Trinajstić information content (AvgIpc) is 2.04. The van der Waals surface area contributed by atoms with Crippen LogP contribution < -0.4 is 0 Å². The topological polar surface area (TPSA) is 72.8 Å². The minimum absolute atomic E-state index is 0.669. The molecule has 1 N–H and O–H groups in total. The van der Waals surface area contributed by atoms with E-state index < -0.39 is 15.2 Å². The summed E-state index contributed by atoms with van der Waals surface area (Å²) >= 11 is 0. The van der Waals surface area contributed by atoms with Crippen molar-refractivity contribution in [2.45, 2.75) is 0 Å². The monoisotopic (exact) mass is 212 g/mol. The summed E-state index contributed by atoms with van der Waals surface area (Å²) in [6.07, 6.45) is 0. The van der Waals surface area contributed by atoms with Gasteiger partial charge in [-0.2, -0.15) is 0 Å². The number of hydrogen-bond donors (Lipinski definition) is 1. The van der Waals surface area contributed by atoms with Crippen LogP contribution in [0.2, 0.25) is 0 Å². The Balaban J connectivity index is 4.64. The third-order valence-electron chi connectivity index (χ3n) is 0.940. The van der Waals surface area contributed by atoms with E-state index in [1.807, 2.05) is 0 Å². The Kier molecular flexibility index (Phi) is 4.11. The highest BCUT2D eigenvalue weighted by Gasteiger charge is 2.28. The van der Waals surface area contributed by atoms with Crippen LogP contribution in [-0.2, 0) is 18.0 Å². The fourth-order valence-corrected chi connectivity index (χ4v) is 2.59. The van der Waals surface area contributed by atoms with Gasteiger partial charge in [-0.05, 0) is 0 Å². The average molecular weight is 212 g/mol. The van der Waals surface area contributed by atoms with Gasteiger partial charge in [-0.25, -0.2) is 4.31 Å². The van der Waals surface area contributed by atoms with Gasteiger partial charge in [0, 0.05) is 18.7 Å². The van der Waals surface area contributed by atoms with E-state index in [0.29, 0.717) is 5.82 Å². The fraction of sp³-hybridized carbons (Fsp3) is 0.200. The predicted molar refractivity (Wildman–Crippen MR) is 45.9 cm³/mol. The van der Waals surface area contributed by atoms with Gasteiger partial charge in [-0.15, -0.1) is 0 Å². The molecule has 7 heteroatoms. The molecule has 2 unspecified atom stereocenters. The Labute approximate surface area is 70.8 Å². The summed E-state index contributed by atoms with van der Waals surface area (Å²) < 4.78 is 30.7. The lowest BCUT2D eigenvalue weighted by molar-refractivity contribution is 0.311. The first-order valence-electron chi connectivity index (χ1n) is 2.85. The molecule has 12 heavy (non-hydrogen) atoms. The molecule has 0 bridgehead atoms. The van der Waals surface area contributed by atoms with Gasteiger partial charge in [0.2, 0.25) is 0 Å². The molecule has 0 amide bonds. The summed E-state index contributed by atoms with van der Waals surface area (Å²) in [6, 6.07) is 0. The summed E-state index contributed by atoms with van der Waals surface area (Å²) in [5.41, 5.74) is 0. The molecule has 0 rings (SSSR count). The van der Waals surface area contributed by atoms with Crippen LogP contribution in [0.15, 0.2) is 24.8 Å². The quantitative estimate of drug-likeness (QED) is 0.707. The third kappa shape index (κ3) is 3.48. The van der Waals surface area contributed by atoms with E-state index in [1.165, 1.54) is 0 Å². The molecular weight excluding hydrogens is 202 g/mol. The molecule has 0 aliphatic heterocycles. The molecule has 0 spiro atoms. The number of hydrogen-bond acceptors (Lipinski definition) is 4. The van der Waals surface area contributed by atoms with E-state index in [2.05, 4.69) is 22.0 Å². The third-order valence-corrected chi connectivity index (χ3v) is 4.20. The first kappa shape index (κ1) is 11.8. The van der Waals surface area contributed by atoms with Crippen LogP contribution in [0.3, 0.4) is 0 Å². The Hall–Kier alpha value is -0.180. The Morgan fingerprint density at radius 2 is 1.83 bits per heavy atom. The Morgan fingerprint density at radius 1 is 1.33 bits per heavy atom. The van der Waals surface area contributed by atoms with Crippen LogP contribution >= 0.6 is 15.2 Å². The smallest absolute Gasteiger partial charge is 0.321 e. The highest BCUT2D eigenvalue weighted by atomic mass is 31.3. The summed E-state index contributed by atoms with van der Waals surface area (Å²) in [4.78, 5) is 8.84. The maximum atomic E-state index is 11.2. The zero-order valence-corrected chi connectivity index (χ0v) is 8.33. The van der Waals surface area contributed by atoms with Gasteiger partial charge in [-0.1, -0.05) is 13.2 Å². The van der Waals surface area contributed by atoms with Crippen molar-refractivity contribution in [2.75, 3.05) is 7.11 Å². The minimum atomic E-state index is -4.02. The summed E-state index contributed by atoms with van der Waals surface area (Å²) in [5.74, 6) is 1.52. The molecule has 5 nitrogen and oxygen atoms in total. The van der Waals surface area contributed by atoms with E-state index >= 15 is 0 Å². The molecule has 0 aromatic heterocycles. The van der Waals surface area contributed by atoms with E-state index in [4.69, 9.17) is 4.89 Å². The van der Waals surface area contributed by atoms with Crippen molar-refractivity contribution < 1.29 is 22.9 Å². The second kappa shape index (κ2) is 4.17. The van der Waals surface area contributed by atoms with E-state index in [9.17, 15) is 9.13 Å². The standard InChI is InChI=1S/C5H10O5P2/c1-4-11(6,7)10-12(8,5-2)9-3/h4-5H,1-2H2,3H3,(H,6,7). The van der Waals surface area contributed by atoms with Crippen molar-refractivity contribution in [3.63, 3.8) is 0 Å². The molecule has 0 aromatic rings. The van der Waals surface area contributed by atoms with Crippen molar-refractivity contribution in [1.29, 1.82) is 0 Å². The maximum Gasteiger partial charge on any atom is 0.360 e. The molecule has 2 atom stereocenters. The molecule has 0 aliphatic carbocycles. The Bertz CT molecular complexity index is 271. The molecule has 0 saturated carbocycles. The van der Waals surface area contributed by atoms with Crippen molar-refractivity contribution in [3.8, 4) is 0 Å². The molecule has 0 saturated heterocycles. The maximum absolute atomic E-state index is 11.2. The molecule has 0 aromatic carbocycles. The first-order valence-corrected chi connectivity index (χ1v) is 6.11. The largest absolute Gasteiger partial charge is 0.360 e. The molecule has 0 aliphatic rings. The normalized spacial score (nSPS) is 20.5. The molecule has 0 fully saturated rings. The lowest BCUT2D eigenvalue weighted by atomic mass is 11.3. The van der Waals surface area contributed by atoms with Crippen molar-refractivity contribution in [1.82, 2.24) is 0 Å². The van der Waals surface area contributed by atoms with Crippen LogP contribution in [0, 0.1) is 0 Å². The SMILES string of the molecule is C=CP(=O)(O)OP(=O)(C=C)OC. The van der Waals surface area contributed by atoms with E-state index in [-0.39, 0.29) is 0 Å². The van der Waals surface area contributed by atoms with Crippen LogP contribution in [0.4, 0.5) is 0 Å². The van der Waals surface area contributed by atoms with Gasteiger partial charge in [0.05, 0.1) is 0 Å². The van der Waals surface area contributed by atoms with Crippen molar-refractivity contribution in [3.05, 3.63) is 24.8 Å².